The summed E-state index contributed by atoms with van der Waals surface area (Å²) in [5.41, 5.74) is 1.08. The van der Waals surface area contributed by atoms with Crippen LogP contribution in [-0.2, 0) is 6.54 Å². The summed E-state index contributed by atoms with van der Waals surface area (Å²) in [5, 5.41) is 13.0. The van der Waals surface area contributed by atoms with Crippen LogP contribution in [0.1, 0.15) is 32.8 Å². The molecule has 1 atom stereocenters. The monoisotopic (exact) mass is 281 g/mol. The number of rotatable bonds is 9. The molecular weight excluding hydrogens is 254 g/mol. The van der Waals surface area contributed by atoms with Crippen molar-refractivity contribution in [1.82, 2.24) is 5.32 Å². The first kappa shape index (κ1) is 16.8. The molecule has 1 aromatic rings. The molecule has 0 aromatic heterocycles. The Balaban J connectivity index is 2.70. The molecule has 0 fully saturated rings. The lowest BCUT2D eigenvalue weighted by Gasteiger charge is -2.16. The predicted octanol–water partition coefficient (Wildman–Crippen LogP) is 2.59. The van der Waals surface area contributed by atoms with Crippen LogP contribution in [-0.4, -0.2) is 31.5 Å². The van der Waals surface area contributed by atoms with Gasteiger partial charge in [0, 0.05) is 18.2 Å². The third-order valence-corrected chi connectivity index (χ3v) is 3.04. The van der Waals surface area contributed by atoms with Crippen LogP contribution < -0.4 is 14.8 Å². The normalized spacial score (nSPS) is 12.5. The Morgan fingerprint density at radius 3 is 2.65 bits per heavy atom. The summed E-state index contributed by atoms with van der Waals surface area (Å²) < 4.78 is 10.9. The number of aliphatic hydroxyl groups excluding tert-OH is 1. The first-order valence-electron chi connectivity index (χ1n) is 7.25. The van der Waals surface area contributed by atoms with Crippen molar-refractivity contribution in [3.8, 4) is 11.5 Å². The van der Waals surface area contributed by atoms with Gasteiger partial charge in [-0.1, -0.05) is 26.8 Å². The fourth-order valence-electron chi connectivity index (χ4n) is 1.74. The highest BCUT2D eigenvalue weighted by molar-refractivity contribution is 5.40. The largest absolute Gasteiger partial charge is 0.497 e. The maximum absolute atomic E-state index is 9.61. The molecule has 0 saturated carbocycles. The standard InChI is InChI=1S/C16H27NO3/c1-5-14(18)11-20-16-8-15(19-4)7-6-13(16)10-17-9-12(2)3/h6-8,12,14,17-18H,5,9-11H2,1-4H3. The van der Waals surface area contributed by atoms with Gasteiger partial charge in [-0.25, -0.2) is 0 Å². The number of benzene rings is 1. The maximum atomic E-state index is 9.61. The predicted molar refractivity (Wildman–Crippen MR) is 81.3 cm³/mol. The van der Waals surface area contributed by atoms with Gasteiger partial charge < -0.3 is 19.9 Å². The molecule has 0 bridgehead atoms. The quantitative estimate of drug-likeness (QED) is 0.730. The average Bonchev–Trinajstić information content (AvgIpc) is 2.45. The molecule has 2 N–H and O–H groups in total. The van der Waals surface area contributed by atoms with E-state index in [1.165, 1.54) is 0 Å². The summed E-state index contributed by atoms with van der Waals surface area (Å²) in [6.45, 7) is 8.31. The number of aliphatic hydroxyl groups is 1. The molecule has 20 heavy (non-hydrogen) atoms. The van der Waals surface area contributed by atoms with Crippen LogP contribution in [0.15, 0.2) is 18.2 Å². The summed E-state index contributed by atoms with van der Waals surface area (Å²) in [6.07, 6.45) is 0.253. The van der Waals surface area contributed by atoms with Crippen molar-refractivity contribution in [2.24, 2.45) is 5.92 Å². The number of nitrogens with one attached hydrogen (secondary N) is 1. The van der Waals surface area contributed by atoms with Crippen LogP contribution >= 0.6 is 0 Å². The minimum absolute atomic E-state index is 0.306. The van der Waals surface area contributed by atoms with Gasteiger partial charge in [-0.3, -0.25) is 0 Å². The fraction of sp³-hybridized carbons (Fsp3) is 0.625. The lowest BCUT2D eigenvalue weighted by molar-refractivity contribution is 0.103. The van der Waals surface area contributed by atoms with Crippen LogP contribution in [0.25, 0.3) is 0 Å². The first-order chi connectivity index (χ1) is 9.56. The fourth-order valence-corrected chi connectivity index (χ4v) is 1.74. The van der Waals surface area contributed by atoms with Crippen molar-refractivity contribution in [2.45, 2.75) is 39.8 Å². The Labute approximate surface area is 122 Å². The van der Waals surface area contributed by atoms with Gasteiger partial charge in [-0.15, -0.1) is 0 Å². The van der Waals surface area contributed by atoms with E-state index in [1.807, 2.05) is 25.1 Å². The summed E-state index contributed by atoms with van der Waals surface area (Å²) in [4.78, 5) is 0. The smallest absolute Gasteiger partial charge is 0.127 e. The van der Waals surface area contributed by atoms with E-state index in [0.29, 0.717) is 18.9 Å². The second-order valence-electron chi connectivity index (χ2n) is 5.37. The molecule has 0 heterocycles. The van der Waals surface area contributed by atoms with Crippen LogP contribution in [0, 0.1) is 5.92 Å². The molecule has 1 rings (SSSR count). The Kier molecular flexibility index (Phi) is 7.41. The van der Waals surface area contributed by atoms with Crippen molar-refractivity contribution < 1.29 is 14.6 Å². The Hall–Kier alpha value is -1.26. The van der Waals surface area contributed by atoms with E-state index in [9.17, 15) is 5.11 Å². The van der Waals surface area contributed by atoms with E-state index in [2.05, 4.69) is 19.2 Å². The minimum atomic E-state index is -0.433. The summed E-state index contributed by atoms with van der Waals surface area (Å²) in [7, 11) is 1.64. The molecule has 0 spiro atoms. The lowest BCUT2D eigenvalue weighted by atomic mass is 10.1. The van der Waals surface area contributed by atoms with E-state index in [-0.39, 0.29) is 0 Å². The molecule has 0 saturated heterocycles. The van der Waals surface area contributed by atoms with Crippen LogP contribution in [0.5, 0.6) is 11.5 Å². The molecule has 0 aliphatic rings. The van der Waals surface area contributed by atoms with Crippen molar-refractivity contribution in [3.63, 3.8) is 0 Å². The topological polar surface area (TPSA) is 50.7 Å². The Morgan fingerprint density at radius 2 is 2.05 bits per heavy atom. The van der Waals surface area contributed by atoms with Gasteiger partial charge in [-0.2, -0.15) is 0 Å². The highest BCUT2D eigenvalue weighted by Crippen LogP contribution is 2.25. The zero-order chi connectivity index (χ0) is 15.0. The van der Waals surface area contributed by atoms with Gasteiger partial charge >= 0.3 is 0 Å². The van der Waals surface area contributed by atoms with Crippen LogP contribution in [0.2, 0.25) is 0 Å². The molecule has 4 heteroatoms. The lowest BCUT2D eigenvalue weighted by Crippen LogP contribution is -2.21. The molecule has 0 aliphatic heterocycles. The number of ether oxygens (including phenoxy) is 2. The molecule has 0 aliphatic carbocycles. The second kappa shape index (κ2) is 8.82. The second-order valence-corrected chi connectivity index (χ2v) is 5.37. The molecule has 114 valence electrons. The highest BCUT2D eigenvalue weighted by Gasteiger charge is 2.08. The molecule has 1 aromatic carbocycles. The third kappa shape index (κ3) is 5.80. The molecular formula is C16H27NO3. The van der Waals surface area contributed by atoms with E-state index in [1.54, 1.807) is 7.11 Å². The van der Waals surface area contributed by atoms with Crippen molar-refractivity contribution in [1.29, 1.82) is 0 Å². The molecule has 0 radical (unpaired) electrons. The molecule has 4 nitrogen and oxygen atoms in total. The highest BCUT2D eigenvalue weighted by atomic mass is 16.5. The summed E-state index contributed by atoms with van der Waals surface area (Å²) in [6, 6.07) is 5.80. The number of hydrogen-bond donors (Lipinski definition) is 2. The Morgan fingerprint density at radius 1 is 1.30 bits per heavy atom. The molecule has 1 unspecified atom stereocenters. The average molecular weight is 281 g/mol. The van der Waals surface area contributed by atoms with E-state index < -0.39 is 6.10 Å². The van der Waals surface area contributed by atoms with Gasteiger partial charge in [0.2, 0.25) is 0 Å². The van der Waals surface area contributed by atoms with Gasteiger partial charge in [0.15, 0.2) is 0 Å². The van der Waals surface area contributed by atoms with Crippen molar-refractivity contribution in [2.75, 3.05) is 20.3 Å². The number of methoxy groups -OCH3 is 1. The number of hydrogen-bond acceptors (Lipinski definition) is 4. The maximum Gasteiger partial charge on any atom is 0.127 e. The zero-order valence-corrected chi connectivity index (χ0v) is 13.0. The van der Waals surface area contributed by atoms with E-state index in [0.717, 1.165) is 30.2 Å². The van der Waals surface area contributed by atoms with Gasteiger partial charge in [0.25, 0.3) is 0 Å². The first-order valence-corrected chi connectivity index (χ1v) is 7.25. The van der Waals surface area contributed by atoms with Gasteiger partial charge in [-0.05, 0) is 24.9 Å². The van der Waals surface area contributed by atoms with E-state index in [4.69, 9.17) is 9.47 Å². The van der Waals surface area contributed by atoms with Gasteiger partial charge in [0.1, 0.15) is 18.1 Å². The van der Waals surface area contributed by atoms with Gasteiger partial charge in [0.05, 0.1) is 13.2 Å². The summed E-state index contributed by atoms with van der Waals surface area (Å²) >= 11 is 0. The molecule has 0 amide bonds. The van der Waals surface area contributed by atoms with E-state index >= 15 is 0 Å². The minimum Gasteiger partial charge on any atom is -0.497 e. The SMILES string of the molecule is CCC(O)COc1cc(OC)ccc1CNCC(C)C. The zero-order valence-electron chi connectivity index (χ0n) is 13.0. The van der Waals surface area contributed by atoms with Crippen molar-refractivity contribution >= 4 is 0 Å². The van der Waals surface area contributed by atoms with Crippen LogP contribution in [0.4, 0.5) is 0 Å². The summed E-state index contributed by atoms with van der Waals surface area (Å²) in [5.74, 6) is 2.14. The Bertz CT molecular complexity index is 393. The van der Waals surface area contributed by atoms with Crippen LogP contribution in [0.3, 0.4) is 0 Å². The third-order valence-electron chi connectivity index (χ3n) is 3.04. The van der Waals surface area contributed by atoms with Crippen molar-refractivity contribution in [3.05, 3.63) is 23.8 Å².